The van der Waals surface area contributed by atoms with Crippen molar-refractivity contribution >= 4 is 16.8 Å². The molecule has 0 bridgehead atoms. The maximum absolute atomic E-state index is 11.6. The molecule has 1 saturated carbocycles. The Kier molecular flexibility index (Phi) is 4.97. The molecule has 0 spiro atoms. The smallest absolute Gasteiger partial charge is 0.132 e. The summed E-state index contributed by atoms with van der Waals surface area (Å²) in [6.45, 7) is 2.48. The third-order valence-corrected chi connectivity index (χ3v) is 6.62. The van der Waals surface area contributed by atoms with E-state index in [0.29, 0.717) is 5.78 Å². The van der Waals surface area contributed by atoms with Gasteiger partial charge in [-0.05, 0) is 61.9 Å². The van der Waals surface area contributed by atoms with Gasteiger partial charge in [-0.15, -0.1) is 0 Å². The minimum absolute atomic E-state index is 0.188. The summed E-state index contributed by atoms with van der Waals surface area (Å²) in [5, 5.41) is 0. The van der Waals surface area contributed by atoms with Crippen LogP contribution in [0, 0.1) is 5.92 Å². The highest BCUT2D eigenvalue weighted by atomic mass is 16.5. The molecule has 0 atom stereocenters. The van der Waals surface area contributed by atoms with E-state index in [2.05, 4.69) is 35.9 Å². The van der Waals surface area contributed by atoms with Gasteiger partial charge in [-0.1, -0.05) is 12.1 Å². The normalized spacial score (nSPS) is 20.7. The molecule has 5 rings (SSSR count). The molecule has 156 valence electrons. The number of ketones is 1. The van der Waals surface area contributed by atoms with E-state index >= 15 is 0 Å². The lowest BCUT2D eigenvalue weighted by Gasteiger charge is -2.27. The number of hydrogen-bond acceptors (Lipinski definition) is 4. The predicted molar refractivity (Wildman–Crippen MR) is 116 cm³/mol. The summed E-state index contributed by atoms with van der Waals surface area (Å²) in [4.78, 5) is 16.5. The van der Waals surface area contributed by atoms with Crippen LogP contribution in [0.2, 0.25) is 0 Å². The van der Waals surface area contributed by atoms with Gasteiger partial charge in [0.05, 0.1) is 23.7 Å². The monoisotopic (exact) mass is 404 g/mol. The van der Waals surface area contributed by atoms with Gasteiger partial charge in [0.15, 0.2) is 0 Å². The Bertz CT molecular complexity index is 1090. The van der Waals surface area contributed by atoms with Crippen molar-refractivity contribution in [3.63, 3.8) is 0 Å². The number of rotatable bonds is 5. The molecule has 3 aromatic rings. The Labute approximate surface area is 177 Å². The third-order valence-electron chi connectivity index (χ3n) is 6.62. The lowest BCUT2D eigenvalue weighted by molar-refractivity contribution is -0.122. The minimum Gasteiger partial charge on any atom is -0.493 e. The number of Topliss-reactive ketones (excluding diaryl/α,β-unsaturated/α-hetero) is 1. The number of imidazole rings is 1. The van der Waals surface area contributed by atoms with Crippen LogP contribution in [0.25, 0.3) is 11.0 Å². The molecule has 2 heterocycles. The highest BCUT2D eigenvalue weighted by molar-refractivity contribution is 5.78. The molecule has 0 unspecified atom stereocenters. The van der Waals surface area contributed by atoms with E-state index in [0.717, 1.165) is 73.5 Å². The largest absolute Gasteiger partial charge is 0.493 e. The van der Waals surface area contributed by atoms with Gasteiger partial charge in [-0.25, -0.2) is 4.98 Å². The first kappa shape index (κ1) is 19.2. The van der Waals surface area contributed by atoms with Crippen LogP contribution in [0.15, 0.2) is 36.4 Å². The van der Waals surface area contributed by atoms with Crippen LogP contribution in [0.1, 0.15) is 49.6 Å². The van der Waals surface area contributed by atoms with Crippen molar-refractivity contribution in [1.29, 1.82) is 0 Å². The number of aromatic nitrogens is 2. The van der Waals surface area contributed by atoms with E-state index < -0.39 is 0 Å². The molecule has 1 aromatic heterocycles. The standard InChI is InChI=1S/C25H28N2O3/c1-16(28)18-5-7-20(8-6-18)30-21-9-10-23-22(15-21)26-25(27(23)2)14-17-3-4-19-11-12-29-24(19)13-17/h3-4,9-10,13,15,18,20H,5-8,11-12,14H2,1-2H3. The molecule has 2 aromatic carbocycles. The summed E-state index contributed by atoms with van der Waals surface area (Å²) in [5.41, 5.74) is 4.57. The minimum atomic E-state index is 0.188. The van der Waals surface area contributed by atoms with Crippen molar-refractivity contribution in [1.82, 2.24) is 9.55 Å². The summed E-state index contributed by atoms with van der Waals surface area (Å²) < 4.78 is 14.1. The maximum atomic E-state index is 11.6. The topological polar surface area (TPSA) is 53.4 Å². The molecule has 1 fully saturated rings. The van der Waals surface area contributed by atoms with Crippen LogP contribution in [-0.4, -0.2) is 28.0 Å². The molecular formula is C25H28N2O3. The van der Waals surface area contributed by atoms with E-state index in [-0.39, 0.29) is 12.0 Å². The average Bonchev–Trinajstić information content (AvgIpc) is 3.32. The van der Waals surface area contributed by atoms with Crippen molar-refractivity contribution in [2.75, 3.05) is 6.61 Å². The molecule has 0 saturated heterocycles. The zero-order valence-corrected chi connectivity index (χ0v) is 17.7. The Morgan fingerprint density at radius 3 is 2.80 bits per heavy atom. The van der Waals surface area contributed by atoms with Crippen molar-refractivity contribution in [3.8, 4) is 11.5 Å². The van der Waals surface area contributed by atoms with E-state index in [1.165, 1.54) is 11.1 Å². The molecule has 0 N–H and O–H groups in total. The zero-order valence-electron chi connectivity index (χ0n) is 17.7. The average molecular weight is 405 g/mol. The van der Waals surface area contributed by atoms with Gasteiger partial charge in [0.1, 0.15) is 23.1 Å². The van der Waals surface area contributed by atoms with E-state index in [1.807, 2.05) is 12.1 Å². The van der Waals surface area contributed by atoms with Crippen LogP contribution in [-0.2, 0) is 24.7 Å². The maximum Gasteiger partial charge on any atom is 0.132 e. The quantitative estimate of drug-likeness (QED) is 0.622. The number of benzene rings is 2. The van der Waals surface area contributed by atoms with E-state index in [9.17, 15) is 4.79 Å². The molecule has 5 heteroatoms. The van der Waals surface area contributed by atoms with Gasteiger partial charge in [0.25, 0.3) is 0 Å². The number of ether oxygens (including phenoxy) is 2. The lowest BCUT2D eigenvalue weighted by Crippen LogP contribution is -2.26. The van der Waals surface area contributed by atoms with Gasteiger partial charge in [0, 0.05) is 31.9 Å². The van der Waals surface area contributed by atoms with Gasteiger partial charge >= 0.3 is 0 Å². The number of carbonyl (C=O) groups excluding carboxylic acids is 1. The highest BCUT2D eigenvalue weighted by Gasteiger charge is 2.25. The number of aryl methyl sites for hydroxylation is 1. The van der Waals surface area contributed by atoms with Crippen molar-refractivity contribution in [3.05, 3.63) is 53.3 Å². The van der Waals surface area contributed by atoms with E-state index in [1.54, 1.807) is 6.92 Å². The predicted octanol–water partition coefficient (Wildman–Crippen LogP) is 4.63. The summed E-state index contributed by atoms with van der Waals surface area (Å²) >= 11 is 0. The Morgan fingerprint density at radius 1 is 1.17 bits per heavy atom. The van der Waals surface area contributed by atoms with Crippen molar-refractivity contribution in [2.45, 2.75) is 51.6 Å². The van der Waals surface area contributed by atoms with Crippen LogP contribution < -0.4 is 9.47 Å². The van der Waals surface area contributed by atoms with Crippen LogP contribution in [0.5, 0.6) is 11.5 Å². The summed E-state index contributed by atoms with van der Waals surface area (Å²) in [6.07, 6.45) is 5.70. The molecule has 2 aliphatic rings. The van der Waals surface area contributed by atoms with Crippen molar-refractivity contribution < 1.29 is 14.3 Å². The first-order valence-electron chi connectivity index (χ1n) is 10.9. The zero-order chi connectivity index (χ0) is 20.7. The number of hydrogen-bond donors (Lipinski definition) is 0. The second-order valence-electron chi connectivity index (χ2n) is 8.66. The van der Waals surface area contributed by atoms with Gasteiger partial charge in [0.2, 0.25) is 0 Å². The number of carbonyl (C=O) groups is 1. The number of nitrogens with zero attached hydrogens (tertiary/aromatic N) is 2. The summed E-state index contributed by atoms with van der Waals surface area (Å²) in [5.74, 6) is 3.44. The fourth-order valence-corrected chi connectivity index (χ4v) is 4.74. The third kappa shape index (κ3) is 3.69. The molecule has 0 amide bonds. The second-order valence-corrected chi connectivity index (χ2v) is 8.66. The van der Waals surface area contributed by atoms with E-state index in [4.69, 9.17) is 14.5 Å². The summed E-state index contributed by atoms with van der Waals surface area (Å²) in [7, 11) is 2.07. The van der Waals surface area contributed by atoms with Crippen LogP contribution >= 0.6 is 0 Å². The first-order valence-corrected chi connectivity index (χ1v) is 10.9. The van der Waals surface area contributed by atoms with Crippen LogP contribution in [0.3, 0.4) is 0 Å². The molecule has 5 nitrogen and oxygen atoms in total. The highest BCUT2D eigenvalue weighted by Crippen LogP contribution is 2.31. The lowest BCUT2D eigenvalue weighted by atomic mass is 9.85. The molecule has 0 radical (unpaired) electrons. The van der Waals surface area contributed by atoms with Crippen LogP contribution in [0.4, 0.5) is 0 Å². The van der Waals surface area contributed by atoms with Gasteiger partial charge in [-0.2, -0.15) is 0 Å². The SMILES string of the molecule is CC(=O)C1CCC(Oc2ccc3c(c2)nc(Cc2ccc4c(c2)OCC4)n3C)CC1. The Morgan fingerprint density at radius 2 is 2.00 bits per heavy atom. The molecular weight excluding hydrogens is 376 g/mol. The second kappa shape index (κ2) is 7.78. The van der Waals surface area contributed by atoms with Crippen molar-refractivity contribution in [2.24, 2.45) is 13.0 Å². The Balaban J connectivity index is 1.31. The molecule has 30 heavy (non-hydrogen) atoms. The number of fused-ring (bicyclic) bond motifs is 2. The fourth-order valence-electron chi connectivity index (χ4n) is 4.74. The first-order chi connectivity index (χ1) is 14.6. The molecule has 1 aliphatic carbocycles. The van der Waals surface area contributed by atoms with Gasteiger partial charge < -0.3 is 14.0 Å². The molecule has 1 aliphatic heterocycles. The fraction of sp³-hybridized carbons (Fsp3) is 0.440. The Hall–Kier alpha value is -2.82. The summed E-state index contributed by atoms with van der Waals surface area (Å²) in [6, 6.07) is 12.7. The van der Waals surface area contributed by atoms with Gasteiger partial charge in [-0.3, -0.25) is 4.79 Å².